The first-order valence-electron chi connectivity index (χ1n) is 4.81. The Morgan fingerprint density at radius 3 is 2.38 bits per heavy atom. The molecule has 0 bridgehead atoms. The van der Waals surface area contributed by atoms with Crippen LogP contribution in [0.1, 0.15) is 24.9 Å². The van der Waals surface area contributed by atoms with E-state index < -0.39 is 17.7 Å². The number of hydrogen-bond donors (Lipinski definition) is 1. The third kappa shape index (κ3) is 3.03. The van der Waals surface area contributed by atoms with E-state index in [-0.39, 0.29) is 5.56 Å². The molecule has 1 aromatic carbocycles. The molecule has 16 heavy (non-hydrogen) atoms. The average Bonchev–Trinajstić information content (AvgIpc) is 2.21. The van der Waals surface area contributed by atoms with E-state index in [2.05, 4.69) is 33.1 Å². The molecule has 1 atom stereocenters. The summed E-state index contributed by atoms with van der Waals surface area (Å²) in [4.78, 5) is 0. The third-order valence-corrected chi connectivity index (χ3v) is 2.68. The van der Waals surface area contributed by atoms with Gasteiger partial charge in [-0.1, -0.05) is 15.9 Å². The lowest BCUT2D eigenvalue weighted by Crippen LogP contribution is -2.18. The molecule has 0 aliphatic heterocycles. The van der Waals surface area contributed by atoms with Crippen LogP contribution in [-0.2, 0) is 0 Å². The highest BCUT2D eigenvalue weighted by Gasteiger charge is 2.18. The highest BCUT2D eigenvalue weighted by molar-refractivity contribution is 9.10. The SMILES string of the molecule is CC#CCC(NC)c1c(F)cc(Br)cc1F. The lowest BCUT2D eigenvalue weighted by molar-refractivity contribution is 0.495. The van der Waals surface area contributed by atoms with E-state index in [4.69, 9.17) is 0 Å². The van der Waals surface area contributed by atoms with Gasteiger partial charge in [0.15, 0.2) is 0 Å². The second-order valence-corrected chi connectivity index (χ2v) is 4.17. The van der Waals surface area contributed by atoms with Gasteiger partial charge in [0, 0.05) is 22.5 Å². The number of hydrogen-bond acceptors (Lipinski definition) is 1. The average molecular weight is 288 g/mol. The normalized spacial score (nSPS) is 11.8. The van der Waals surface area contributed by atoms with Crippen molar-refractivity contribution in [2.75, 3.05) is 7.05 Å². The van der Waals surface area contributed by atoms with Gasteiger partial charge in [0.05, 0.1) is 0 Å². The molecule has 1 aromatic rings. The second-order valence-electron chi connectivity index (χ2n) is 3.26. The maximum absolute atomic E-state index is 13.6. The molecule has 1 rings (SSSR count). The summed E-state index contributed by atoms with van der Waals surface area (Å²) in [6, 6.07) is 2.07. The highest BCUT2D eigenvalue weighted by atomic mass is 79.9. The zero-order valence-electron chi connectivity index (χ0n) is 9.07. The van der Waals surface area contributed by atoms with Crippen LogP contribution in [0.2, 0.25) is 0 Å². The van der Waals surface area contributed by atoms with E-state index in [0.717, 1.165) is 0 Å². The van der Waals surface area contributed by atoms with E-state index in [0.29, 0.717) is 10.9 Å². The molecule has 0 heterocycles. The van der Waals surface area contributed by atoms with Crippen molar-refractivity contribution in [1.29, 1.82) is 0 Å². The van der Waals surface area contributed by atoms with Gasteiger partial charge >= 0.3 is 0 Å². The molecule has 1 unspecified atom stereocenters. The Hall–Kier alpha value is -0.920. The number of nitrogens with one attached hydrogen (secondary N) is 1. The first-order valence-corrected chi connectivity index (χ1v) is 5.60. The standard InChI is InChI=1S/C12H12BrF2N/c1-3-4-5-11(16-2)12-9(14)6-8(13)7-10(12)15/h6-7,11,16H,5H2,1-2H3. The topological polar surface area (TPSA) is 12.0 Å². The van der Waals surface area contributed by atoms with Crippen molar-refractivity contribution in [3.05, 3.63) is 33.8 Å². The monoisotopic (exact) mass is 287 g/mol. The van der Waals surface area contributed by atoms with E-state index in [1.165, 1.54) is 12.1 Å². The van der Waals surface area contributed by atoms with Crippen LogP contribution in [0.25, 0.3) is 0 Å². The maximum atomic E-state index is 13.6. The van der Waals surface area contributed by atoms with Crippen LogP contribution in [0.4, 0.5) is 8.78 Å². The van der Waals surface area contributed by atoms with Crippen LogP contribution in [0.15, 0.2) is 16.6 Å². The fraction of sp³-hybridized carbons (Fsp3) is 0.333. The van der Waals surface area contributed by atoms with Crippen molar-refractivity contribution in [1.82, 2.24) is 5.32 Å². The largest absolute Gasteiger partial charge is 0.312 e. The summed E-state index contributed by atoms with van der Waals surface area (Å²) in [7, 11) is 1.66. The summed E-state index contributed by atoms with van der Waals surface area (Å²) in [5.41, 5.74) is 0.0356. The molecule has 86 valence electrons. The molecule has 0 spiro atoms. The van der Waals surface area contributed by atoms with Gasteiger partial charge < -0.3 is 5.32 Å². The van der Waals surface area contributed by atoms with Gasteiger partial charge in [0.2, 0.25) is 0 Å². The first-order chi connectivity index (χ1) is 7.60. The lowest BCUT2D eigenvalue weighted by Gasteiger charge is -2.15. The van der Waals surface area contributed by atoms with Crippen molar-refractivity contribution in [2.45, 2.75) is 19.4 Å². The van der Waals surface area contributed by atoms with Crippen LogP contribution in [0, 0.1) is 23.5 Å². The second kappa shape index (κ2) is 5.97. The van der Waals surface area contributed by atoms with Gasteiger partial charge in [0.1, 0.15) is 11.6 Å². The number of halogens is 3. The molecule has 0 radical (unpaired) electrons. The van der Waals surface area contributed by atoms with Crippen LogP contribution in [0.3, 0.4) is 0 Å². The lowest BCUT2D eigenvalue weighted by atomic mass is 10.0. The molecular formula is C12H12BrF2N. The Kier molecular flexibility index (Phi) is 4.91. The molecule has 0 amide bonds. The fourth-order valence-electron chi connectivity index (χ4n) is 1.44. The summed E-state index contributed by atoms with van der Waals surface area (Å²) >= 11 is 3.04. The Bertz CT molecular complexity index is 411. The smallest absolute Gasteiger partial charge is 0.132 e. The minimum absolute atomic E-state index is 0.0356. The molecule has 0 saturated heterocycles. The van der Waals surface area contributed by atoms with Crippen molar-refractivity contribution < 1.29 is 8.78 Å². The van der Waals surface area contributed by atoms with E-state index in [9.17, 15) is 8.78 Å². The van der Waals surface area contributed by atoms with E-state index >= 15 is 0 Å². The molecular weight excluding hydrogens is 276 g/mol. The summed E-state index contributed by atoms with van der Waals surface area (Å²) in [5, 5.41) is 2.86. The Labute approximate surface area is 102 Å². The summed E-state index contributed by atoms with van der Waals surface area (Å²) in [6.07, 6.45) is 0.377. The minimum atomic E-state index is -0.566. The summed E-state index contributed by atoms with van der Waals surface area (Å²) in [6.45, 7) is 1.70. The minimum Gasteiger partial charge on any atom is -0.312 e. The highest BCUT2D eigenvalue weighted by Crippen LogP contribution is 2.26. The van der Waals surface area contributed by atoms with Crippen molar-refractivity contribution in [2.24, 2.45) is 0 Å². The predicted molar refractivity (Wildman–Crippen MR) is 63.9 cm³/mol. The third-order valence-electron chi connectivity index (χ3n) is 2.22. The van der Waals surface area contributed by atoms with E-state index in [1.807, 2.05) is 0 Å². The van der Waals surface area contributed by atoms with Crippen molar-refractivity contribution in [3.8, 4) is 11.8 Å². The van der Waals surface area contributed by atoms with Crippen molar-refractivity contribution >= 4 is 15.9 Å². The summed E-state index contributed by atoms with van der Waals surface area (Å²) < 4.78 is 27.6. The predicted octanol–water partition coefficient (Wildman–Crippen LogP) is 3.40. The van der Waals surface area contributed by atoms with Gasteiger partial charge in [-0.2, -0.15) is 0 Å². The van der Waals surface area contributed by atoms with Gasteiger partial charge in [0.25, 0.3) is 0 Å². The van der Waals surface area contributed by atoms with Crippen LogP contribution in [0.5, 0.6) is 0 Å². The zero-order chi connectivity index (χ0) is 12.1. The van der Waals surface area contributed by atoms with E-state index in [1.54, 1.807) is 14.0 Å². The molecule has 0 aliphatic rings. The number of rotatable bonds is 3. The molecule has 4 heteroatoms. The van der Waals surface area contributed by atoms with Gasteiger partial charge in [-0.3, -0.25) is 0 Å². The fourth-order valence-corrected chi connectivity index (χ4v) is 1.84. The molecule has 0 aliphatic carbocycles. The van der Waals surface area contributed by atoms with Gasteiger partial charge in [-0.05, 0) is 26.1 Å². The molecule has 1 nitrogen and oxygen atoms in total. The van der Waals surface area contributed by atoms with Crippen molar-refractivity contribution in [3.63, 3.8) is 0 Å². The van der Waals surface area contributed by atoms with Crippen LogP contribution < -0.4 is 5.32 Å². The van der Waals surface area contributed by atoms with Gasteiger partial charge in [-0.25, -0.2) is 8.78 Å². The Balaban J connectivity index is 3.12. The molecule has 0 saturated carbocycles. The number of benzene rings is 1. The van der Waals surface area contributed by atoms with Crippen LogP contribution in [-0.4, -0.2) is 7.05 Å². The molecule has 0 fully saturated rings. The maximum Gasteiger partial charge on any atom is 0.132 e. The first kappa shape index (κ1) is 13.1. The summed E-state index contributed by atoms with van der Waals surface area (Å²) in [5.74, 6) is 4.39. The molecule has 0 aromatic heterocycles. The van der Waals surface area contributed by atoms with Crippen LogP contribution >= 0.6 is 15.9 Å². The Morgan fingerprint density at radius 2 is 1.94 bits per heavy atom. The van der Waals surface area contributed by atoms with Gasteiger partial charge in [-0.15, -0.1) is 11.8 Å². The molecule has 1 N–H and O–H groups in total. The zero-order valence-corrected chi connectivity index (χ0v) is 10.7. The Morgan fingerprint density at radius 1 is 1.38 bits per heavy atom. The quantitative estimate of drug-likeness (QED) is 0.841.